The van der Waals surface area contributed by atoms with Gasteiger partial charge in [0.05, 0.1) is 0 Å². The van der Waals surface area contributed by atoms with Crippen molar-refractivity contribution in [1.82, 2.24) is 0 Å². The van der Waals surface area contributed by atoms with Crippen LogP contribution in [0.15, 0.2) is 12.8 Å². The molecule has 0 heterocycles. The van der Waals surface area contributed by atoms with Crippen LogP contribution >= 0.6 is 8.25 Å². The van der Waals surface area contributed by atoms with Crippen LogP contribution in [0.25, 0.3) is 0 Å². The van der Waals surface area contributed by atoms with E-state index in [-0.39, 0.29) is 0 Å². The van der Waals surface area contributed by atoms with Crippen LogP contribution in [0.2, 0.25) is 0 Å². The third-order valence-electron chi connectivity index (χ3n) is 1.36. The molecule has 0 fully saturated rings. The molecule has 4 heteroatoms. The zero-order valence-corrected chi connectivity index (χ0v) is 8.39. The number of unbranched alkanes of at least 4 members (excludes halogenated alkanes) is 3. The molecule has 0 aromatic heterocycles. The molecular formula is C8H16O3P+. The van der Waals surface area contributed by atoms with Crippen molar-refractivity contribution in [3.63, 3.8) is 0 Å². The van der Waals surface area contributed by atoms with Crippen LogP contribution in [-0.4, -0.2) is 6.61 Å². The quantitative estimate of drug-likeness (QED) is 0.335. The second-order valence-electron chi connectivity index (χ2n) is 2.39. The van der Waals surface area contributed by atoms with Crippen LogP contribution in [0, 0.1) is 0 Å². The van der Waals surface area contributed by atoms with Crippen molar-refractivity contribution in [2.24, 2.45) is 0 Å². The van der Waals surface area contributed by atoms with Gasteiger partial charge in [0, 0.05) is 4.57 Å². The van der Waals surface area contributed by atoms with Crippen molar-refractivity contribution in [3.05, 3.63) is 12.8 Å². The second kappa shape index (κ2) is 8.69. The van der Waals surface area contributed by atoms with Crippen LogP contribution in [0.1, 0.15) is 32.6 Å². The van der Waals surface area contributed by atoms with Crippen molar-refractivity contribution in [2.45, 2.75) is 32.6 Å². The Kier molecular flexibility index (Phi) is 8.40. The van der Waals surface area contributed by atoms with Gasteiger partial charge in [-0.05, 0) is 6.42 Å². The molecule has 0 spiro atoms. The summed E-state index contributed by atoms with van der Waals surface area (Å²) < 4.78 is 20.1. The molecule has 0 aliphatic heterocycles. The highest BCUT2D eigenvalue weighted by Crippen LogP contribution is 2.23. The first-order chi connectivity index (χ1) is 5.81. The van der Waals surface area contributed by atoms with E-state index in [0.717, 1.165) is 19.1 Å². The molecule has 0 rings (SSSR count). The van der Waals surface area contributed by atoms with Gasteiger partial charge in [-0.15, -0.1) is 4.52 Å². The Balaban J connectivity index is 3.08. The maximum atomic E-state index is 10.7. The number of hydrogen-bond acceptors (Lipinski definition) is 3. The van der Waals surface area contributed by atoms with Gasteiger partial charge in [0.15, 0.2) is 0 Å². The first-order valence-corrected chi connectivity index (χ1v) is 5.28. The molecule has 0 aliphatic carbocycles. The van der Waals surface area contributed by atoms with Gasteiger partial charge in [-0.1, -0.05) is 32.8 Å². The Morgan fingerprint density at radius 3 is 2.75 bits per heavy atom. The lowest BCUT2D eigenvalue weighted by Crippen LogP contribution is -1.87. The zero-order chi connectivity index (χ0) is 9.23. The summed E-state index contributed by atoms with van der Waals surface area (Å²) >= 11 is 0. The zero-order valence-electron chi connectivity index (χ0n) is 7.49. The molecule has 70 valence electrons. The summed E-state index contributed by atoms with van der Waals surface area (Å²) in [5.41, 5.74) is 0. The van der Waals surface area contributed by atoms with E-state index in [0.29, 0.717) is 6.61 Å². The molecule has 0 aliphatic rings. The van der Waals surface area contributed by atoms with E-state index in [1.807, 2.05) is 0 Å². The molecule has 0 aromatic rings. The maximum Gasteiger partial charge on any atom is 0.749 e. The van der Waals surface area contributed by atoms with Gasteiger partial charge in [-0.2, -0.15) is 0 Å². The molecule has 0 aromatic carbocycles. The minimum Gasteiger partial charge on any atom is -0.238 e. The summed E-state index contributed by atoms with van der Waals surface area (Å²) in [4.78, 5) is 0. The molecule has 1 unspecified atom stereocenters. The smallest absolute Gasteiger partial charge is 0.238 e. The fraction of sp³-hybridized carbons (Fsp3) is 0.750. The fourth-order valence-corrected chi connectivity index (χ4v) is 1.22. The maximum absolute atomic E-state index is 10.7. The summed E-state index contributed by atoms with van der Waals surface area (Å²) in [5, 5.41) is 0. The highest BCUT2D eigenvalue weighted by Gasteiger charge is 2.17. The first-order valence-electron chi connectivity index (χ1n) is 4.19. The van der Waals surface area contributed by atoms with Gasteiger partial charge in [0.1, 0.15) is 12.9 Å². The van der Waals surface area contributed by atoms with Crippen LogP contribution in [0.3, 0.4) is 0 Å². The van der Waals surface area contributed by atoms with Gasteiger partial charge in [-0.3, -0.25) is 0 Å². The highest BCUT2D eigenvalue weighted by atomic mass is 31.1. The SMILES string of the molecule is C=CO[P+](=O)OCCCCCC. The summed E-state index contributed by atoms with van der Waals surface area (Å²) in [6, 6.07) is 0. The molecule has 0 saturated heterocycles. The third kappa shape index (κ3) is 7.70. The fourth-order valence-electron chi connectivity index (χ4n) is 0.759. The van der Waals surface area contributed by atoms with Crippen molar-refractivity contribution < 1.29 is 13.6 Å². The Morgan fingerprint density at radius 2 is 2.17 bits per heavy atom. The van der Waals surface area contributed by atoms with E-state index in [1.165, 1.54) is 12.8 Å². The van der Waals surface area contributed by atoms with Crippen LogP contribution in [-0.2, 0) is 13.6 Å². The second-order valence-corrected chi connectivity index (χ2v) is 3.31. The van der Waals surface area contributed by atoms with E-state index in [4.69, 9.17) is 4.52 Å². The average Bonchev–Trinajstić information content (AvgIpc) is 2.05. The van der Waals surface area contributed by atoms with E-state index < -0.39 is 8.25 Å². The Morgan fingerprint density at radius 1 is 1.42 bits per heavy atom. The predicted octanol–water partition coefficient (Wildman–Crippen LogP) is 3.40. The number of hydrogen-bond donors (Lipinski definition) is 0. The van der Waals surface area contributed by atoms with E-state index in [2.05, 4.69) is 18.0 Å². The van der Waals surface area contributed by atoms with Gasteiger partial charge >= 0.3 is 8.25 Å². The van der Waals surface area contributed by atoms with Crippen molar-refractivity contribution in [2.75, 3.05) is 6.61 Å². The normalized spacial score (nSPS) is 10.9. The van der Waals surface area contributed by atoms with E-state index >= 15 is 0 Å². The summed E-state index contributed by atoms with van der Waals surface area (Å²) in [5.74, 6) is 0. The van der Waals surface area contributed by atoms with E-state index in [1.54, 1.807) is 0 Å². The van der Waals surface area contributed by atoms with Crippen LogP contribution in [0.4, 0.5) is 0 Å². The minimum atomic E-state index is -1.97. The lowest BCUT2D eigenvalue weighted by molar-refractivity contribution is 0.265. The van der Waals surface area contributed by atoms with Crippen molar-refractivity contribution >= 4 is 8.25 Å². The molecule has 3 nitrogen and oxygen atoms in total. The molecule has 12 heavy (non-hydrogen) atoms. The molecule has 0 N–H and O–H groups in total. The molecular weight excluding hydrogens is 175 g/mol. The minimum absolute atomic E-state index is 0.503. The molecule has 1 atom stereocenters. The Labute approximate surface area is 74.7 Å². The van der Waals surface area contributed by atoms with Gasteiger partial charge in [-0.25, -0.2) is 4.52 Å². The summed E-state index contributed by atoms with van der Waals surface area (Å²) in [6.07, 6.45) is 5.58. The van der Waals surface area contributed by atoms with Crippen molar-refractivity contribution in [1.29, 1.82) is 0 Å². The first kappa shape index (κ1) is 11.6. The van der Waals surface area contributed by atoms with Crippen molar-refractivity contribution in [3.8, 4) is 0 Å². The standard InChI is InChI=1S/C8H16O3P/c1-3-5-6-7-8-11-12(9)10-4-2/h4H,2-3,5-8H2,1H3/q+1. The number of rotatable bonds is 8. The lowest BCUT2D eigenvalue weighted by atomic mass is 10.2. The third-order valence-corrected chi connectivity index (χ3v) is 2.07. The van der Waals surface area contributed by atoms with Crippen LogP contribution in [0.5, 0.6) is 0 Å². The lowest BCUT2D eigenvalue weighted by Gasteiger charge is -1.92. The average molecular weight is 191 g/mol. The molecule has 0 bridgehead atoms. The highest BCUT2D eigenvalue weighted by molar-refractivity contribution is 7.33. The Hall–Kier alpha value is -0.400. The molecule has 0 amide bonds. The summed E-state index contributed by atoms with van der Waals surface area (Å²) in [7, 11) is -1.97. The van der Waals surface area contributed by atoms with Crippen LogP contribution < -0.4 is 0 Å². The summed E-state index contributed by atoms with van der Waals surface area (Å²) in [6.45, 7) is 5.92. The predicted molar refractivity (Wildman–Crippen MR) is 49.0 cm³/mol. The van der Waals surface area contributed by atoms with E-state index in [9.17, 15) is 4.57 Å². The van der Waals surface area contributed by atoms with Gasteiger partial charge in [0.2, 0.25) is 0 Å². The molecule has 0 radical (unpaired) electrons. The molecule has 0 saturated carbocycles. The van der Waals surface area contributed by atoms with Gasteiger partial charge in [0.25, 0.3) is 0 Å². The Bertz CT molecular complexity index is 136. The topological polar surface area (TPSA) is 35.5 Å². The monoisotopic (exact) mass is 191 g/mol. The van der Waals surface area contributed by atoms with Gasteiger partial charge < -0.3 is 0 Å². The largest absolute Gasteiger partial charge is 0.749 e.